The summed E-state index contributed by atoms with van der Waals surface area (Å²) in [6.07, 6.45) is 2.86. The van der Waals surface area contributed by atoms with Crippen molar-refractivity contribution in [2.45, 2.75) is 19.4 Å². The van der Waals surface area contributed by atoms with E-state index in [0.717, 1.165) is 16.9 Å². The molecule has 1 aromatic heterocycles. The Balaban J connectivity index is 1.90. The topological polar surface area (TPSA) is 45.2 Å². The van der Waals surface area contributed by atoms with Gasteiger partial charge in [0.2, 0.25) is 5.91 Å². The summed E-state index contributed by atoms with van der Waals surface area (Å²) in [6, 6.07) is 8.40. The number of hydrogen-bond acceptors (Lipinski definition) is 3. The maximum Gasteiger partial charge on any atom is 0.227 e. The fourth-order valence-corrected chi connectivity index (χ4v) is 2.53. The molecule has 0 atom stereocenters. The number of anilines is 2. The Labute approximate surface area is 122 Å². The van der Waals surface area contributed by atoms with Gasteiger partial charge >= 0.3 is 0 Å². The van der Waals surface area contributed by atoms with Crippen LogP contribution in [0.3, 0.4) is 0 Å². The summed E-state index contributed by atoms with van der Waals surface area (Å²) in [5, 5.41) is 2.95. The number of nitrogens with one attached hydrogen (secondary N) is 1. The van der Waals surface area contributed by atoms with E-state index in [0.29, 0.717) is 25.1 Å². The van der Waals surface area contributed by atoms with Gasteiger partial charge in [-0.05, 0) is 35.7 Å². The lowest BCUT2D eigenvalue weighted by Crippen LogP contribution is -2.34. The van der Waals surface area contributed by atoms with E-state index in [4.69, 9.17) is 0 Å². The predicted octanol–water partition coefficient (Wildman–Crippen LogP) is 2.74. The second-order valence-corrected chi connectivity index (χ2v) is 5.05. The van der Waals surface area contributed by atoms with Crippen molar-refractivity contribution in [1.82, 2.24) is 4.98 Å². The van der Waals surface area contributed by atoms with Crippen LogP contribution in [0.15, 0.2) is 36.5 Å². The molecule has 0 saturated heterocycles. The first-order valence-electron chi connectivity index (χ1n) is 6.89. The highest BCUT2D eigenvalue weighted by atomic mass is 19.1. The summed E-state index contributed by atoms with van der Waals surface area (Å²) in [7, 11) is 1.80. The number of carbonyl (C=O) groups is 1. The molecule has 4 nitrogen and oxygen atoms in total. The van der Waals surface area contributed by atoms with Crippen LogP contribution >= 0.6 is 0 Å². The van der Waals surface area contributed by atoms with Gasteiger partial charge in [0.05, 0.1) is 12.2 Å². The molecule has 1 aromatic carbocycles. The Morgan fingerprint density at radius 1 is 1.29 bits per heavy atom. The van der Waals surface area contributed by atoms with Crippen molar-refractivity contribution in [1.29, 1.82) is 0 Å². The molecular weight excluding hydrogens is 269 g/mol. The largest absolute Gasteiger partial charge is 0.373 e. The van der Waals surface area contributed by atoms with E-state index in [2.05, 4.69) is 10.3 Å². The minimum Gasteiger partial charge on any atom is -0.373 e. The van der Waals surface area contributed by atoms with Crippen molar-refractivity contribution >= 4 is 17.4 Å². The summed E-state index contributed by atoms with van der Waals surface area (Å²) in [4.78, 5) is 18.0. The van der Waals surface area contributed by atoms with Gasteiger partial charge in [-0.2, -0.15) is 0 Å². The fourth-order valence-electron chi connectivity index (χ4n) is 2.53. The number of pyridine rings is 1. The van der Waals surface area contributed by atoms with Gasteiger partial charge in [-0.3, -0.25) is 4.79 Å². The van der Waals surface area contributed by atoms with Crippen molar-refractivity contribution < 1.29 is 9.18 Å². The first kappa shape index (κ1) is 13.5. The summed E-state index contributed by atoms with van der Waals surface area (Å²) in [6.45, 7) is 0.409. The lowest BCUT2D eigenvalue weighted by Gasteiger charge is -2.29. The number of amides is 1. The van der Waals surface area contributed by atoms with Gasteiger partial charge < -0.3 is 10.2 Å². The minimum absolute atomic E-state index is 0.0193. The van der Waals surface area contributed by atoms with Crippen molar-refractivity contribution in [2.75, 3.05) is 17.3 Å². The van der Waals surface area contributed by atoms with Crippen LogP contribution in [-0.4, -0.2) is 17.9 Å². The van der Waals surface area contributed by atoms with Crippen molar-refractivity contribution in [3.8, 4) is 0 Å². The molecule has 21 heavy (non-hydrogen) atoms. The molecule has 0 aliphatic carbocycles. The fraction of sp³-hybridized carbons (Fsp3) is 0.250. The second-order valence-electron chi connectivity index (χ2n) is 5.05. The lowest BCUT2D eigenvalue weighted by atomic mass is 10.0. The van der Waals surface area contributed by atoms with Gasteiger partial charge in [0.25, 0.3) is 0 Å². The zero-order valence-corrected chi connectivity index (χ0v) is 11.8. The zero-order chi connectivity index (χ0) is 14.8. The second kappa shape index (κ2) is 5.52. The molecule has 0 spiro atoms. The van der Waals surface area contributed by atoms with E-state index in [1.165, 1.54) is 12.1 Å². The van der Waals surface area contributed by atoms with Crippen molar-refractivity contribution in [2.24, 2.45) is 0 Å². The monoisotopic (exact) mass is 285 g/mol. The smallest absolute Gasteiger partial charge is 0.227 e. The highest BCUT2D eigenvalue weighted by Gasteiger charge is 2.24. The van der Waals surface area contributed by atoms with Crippen LogP contribution in [-0.2, 0) is 17.8 Å². The molecule has 0 saturated carbocycles. The number of carbonyl (C=O) groups excluding carboxylic acids is 1. The molecule has 108 valence electrons. The van der Waals surface area contributed by atoms with Gasteiger partial charge in [0.1, 0.15) is 11.6 Å². The Kier molecular flexibility index (Phi) is 3.56. The third kappa shape index (κ3) is 2.72. The summed E-state index contributed by atoms with van der Waals surface area (Å²) >= 11 is 0. The van der Waals surface area contributed by atoms with E-state index in [-0.39, 0.29) is 11.7 Å². The standard InChI is InChI=1S/C16H16FN3O/c1-18-15-6-2-11(9-19-15)10-20-14-8-13(17)5-3-12(14)4-7-16(20)21/h2-3,5-6,8-9H,4,7,10H2,1H3,(H,18,19). The molecular formula is C16H16FN3O. The summed E-state index contributed by atoms with van der Waals surface area (Å²) in [5.41, 5.74) is 2.60. The number of nitrogens with zero attached hydrogens (tertiary/aromatic N) is 2. The molecule has 1 N–H and O–H groups in total. The van der Waals surface area contributed by atoms with Crippen LogP contribution in [0.5, 0.6) is 0 Å². The third-order valence-corrected chi connectivity index (χ3v) is 3.67. The maximum atomic E-state index is 13.5. The van der Waals surface area contributed by atoms with Crippen molar-refractivity contribution in [3.05, 3.63) is 53.5 Å². The molecule has 2 heterocycles. The summed E-state index contributed by atoms with van der Waals surface area (Å²) < 4.78 is 13.5. The van der Waals surface area contributed by atoms with E-state index in [1.54, 1.807) is 24.2 Å². The number of aromatic nitrogens is 1. The Bertz CT molecular complexity index is 670. The van der Waals surface area contributed by atoms with Gasteiger partial charge in [-0.15, -0.1) is 0 Å². The highest BCUT2D eigenvalue weighted by Crippen LogP contribution is 2.29. The molecule has 0 unspecified atom stereocenters. The SMILES string of the molecule is CNc1ccc(CN2C(=O)CCc3ccc(F)cc32)cn1. The van der Waals surface area contributed by atoms with Crippen LogP contribution in [0.4, 0.5) is 15.9 Å². The van der Waals surface area contributed by atoms with Crippen LogP contribution in [0.25, 0.3) is 0 Å². The Morgan fingerprint density at radius 2 is 2.14 bits per heavy atom. The quantitative estimate of drug-likeness (QED) is 0.943. The van der Waals surface area contributed by atoms with Crippen LogP contribution in [0, 0.1) is 5.82 Å². The van der Waals surface area contributed by atoms with Crippen LogP contribution in [0.2, 0.25) is 0 Å². The van der Waals surface area contributed by atoms with E-state index in [9.17, 15) is 9.18 Å². The first-order chi connectivity index (χ1) is 10.2. The Hall–Kier alpha value is -2.43. The molecule has 1 aliphatic rings. The van der Waals surface area contributed by atoms with Gasteiger partial charge in [-0.25, -0.2) is 9.37 Å². The van der Waals surface area contributed by atoms with Crippen molar-refractivity contribution in [3.63, 3.8) is 0 Å². The van der Waals surface area contributed by atoms with E-state index >= 15 is 0 Å². The number of halogens is 1. The minimum atomic E-state index is -0.322. The molecule has 2 aromatic rings. The van der Waals surface area contributed by atoms with Gasteiger partial charge in [0.15, 0.2) is 0 Å². The third-order valence-electron chi connectivity index (χ3n) is 3.67. The average Bonchev–Trinajstić information content (AvgIpc) is 2.51. The Morgan fingerprint density at radius 3 is 2.86 bits per heavy atom. The molecule has 3 rings (SSSR count). The van der Waals surface area contributed by atoms with E-state index < -0.39 is 0 Å². The zero-order valence-electron chi connectivity index (χ0n) is 11.8. The number of aryl methyl sites for hydroxylation is 1. The van der Waals surface area contributed by atoms with Crippen LogP contribution in [0.1, 0.15) is 17.5 Å². The number of hydrogen-bond donors (Lipinski definition) is 1. The predicted molar refractivity (Wildman–Crippen MR) is 79.7 cm³/mol. The van der Waals surface area contributed by atoms with Gasteiger partial charge in [0, 0.05) is 19.7 Å². The van der Waals surface area contributed by atoms with Crippen LogP contribution < -0.4 is 10.2 Å². The number of fused-ring (bicyclic) bond motifs is 1. The van der Waals surface area contributed by atoms with E-state index in [1.807, 2.05) is 12.1 Å². The maximum absolute atomic E-state index is 13.5. The molecule has 1 amide bonds. The lowest BCUT2D eigenvalue weighted by molar-refractivity contribution is -0.119. The summed E-state index contributed by atoms with van der Waals surface area (Å²) in [5.74, 6) is 0.470. The first-order valence-corrected chi connectivity index (χ1v) is 6.89. The number of benzene rings is 1. The molecule has 1 aliphatic heterocycles. The normalized spacial score (nSPS) is 14.0. The molecule has 0 fully saturated rings. The molecule has 5 heteroatoms. The number of rotatable bonds is 3. The highest BCUT2D eigenvalue weighted by molar-refractivity contribution is 5.96. The van der Waals surface area contributed by atoms with Gasteiger partial charge in [-0.1, -0.05) is 12.1 Å². The average molecular weight is 285 g/mol. The molecule has 0 radical (unpaired) electrons. The molecule has 0 bridgehead atoms.